The largest absolute Gasteiger partial charge is 0.357 e. The van der Waals surface area contributed by atoms with Crippen molar-refractivity contribution in [2.24, 2.45) is 4.99 Å². The smallest absolute Gasteiger partial charge is 0.226 e. The summed E-state index contributed by atoms with van der Waals surface area (Å²) in [6, 6.07) is 4.75. The molecule has 0 bridgehead atoms. The highest BCUT2D eigenvalue weighted by molar-refractivity contribution is 14.0. The number of nitrogens with zero attached hydrogens (tertiary/aromatic N) is 4. The Morgan fingerprint density at radius 3 is 2.82 bits per heavy atom. The van der Waals surface area contributed by atoms with Crippen molar-refractivity contribution < 1.29 is 4.52 Å². The van der Waals surface area contributed by atoms with Crippen molar-refractivity contribution in [3.8, 4) is 0 Å². The van der Waals surface area contributed by atoms with Gasteiger partial charge in [-0.05, 0) is 57.6 Å². The van der Waals surface area contributed by atoms with Gasteiger partial charge in [0.15, 0.2) is 11.8 Å². The van der Waals surface area contributed by atoms with E-state index in [9.17, 15) is 0 Å². The molecule has 0 aliphatic carbocycles. The second-order valence-electron chi connectivity index (χ2n) is 6.76. The van der Waals surface area contributed by atoms with Crippen LogP contribution >= 0.6 is 35.3 Å². The first kappa shape index (κ1) is 23.1. The minimum absolute atomic E-state index is 0. The minimum atomic E-state index is 0. The highest BCUT2D eigenvalue weighted by Gasteiger charge is 2.24. The molecule has 156 valence electrons. The number of nitrogens with one attached hydrogen (secondary N) is 2. The number of hydrogen-bond donors (Lipinski definition) is 2. The maximum absolute atomic E-state index is 5.16. The molecule has 0 radical (unpaired) electrons. The zero-order valence-electron chi connectivity index (χ0n) is 16.7. The Morgan fingerprint density at radius 2 is 2.18 bits per heavy atom. The van der Waals surface area contributed by atoms with Gasteiger partial charge < -0.3 is 15.2 Å². The average molecular weight is 518 g/mol. The minimum Gasteiger partial charge on any atom is -0.357 e. The van der Waals surface area contributed by atoms with Gasteiger partial charge in [0.05, 0.1) is 12.6 Å². The van der Waals surface area contributed by atoms with Gasteiger partial charge in [0.25, 0.3) is 0 Å². The maximum atomic E-state index is 5.16. The number of aromatic nitrogens is 2. The molecule has 1 atom stereocenters. The first-order valence-corrected chi connectivity index (χ1v) is 10.7. The molecule has 2 aromatic rings. The van der Waals surface area contributed by atoms with E-state index in [2.05, 4.69) is 50.1 Å². The van der Waals surface area contributed by atoms with Crippen LogP contribution in [0.5, 0.6) is 0 Å². The molecule has 0 amide bonds. The average Bonchev–Trinajstić information content (AvgIpc) is 3.42. The Kier molecular flexibility index (Phi) is 10.2. The molecule has 7 nitrogen and oxygen atoms in total. The van der Waals surface area contributed by atoms with Gasteiger partial charge in [-0.15, -0.1) is 35.3 Å². The predicted octanol–water partition coefficient (Wildman–Crippen LogP) is 3.38. The van der Waals surface area contributed by atoms with Crippen LogP contribution in [0.15, 0.2) is 27.0 Å². The summed E-state index contributed by atoms with van der Waals surface area (Å²) in [5.41, 5.74) is 0. The molecular formula is C19H31IN6OS. The standard InChI is InChI=1S/C19H30N6OS.HI/c1-3-20-19(21-10-6-9-18-23-15(2)24-26-18)22-14-16(17-8-7-13-27-17)25-11-4-5-12-25;/h7-8,13,16H,3-6,9-12,14H2,1-2H3,(H2,20,21,22);1H. The zero-order chi connectivity index (χ0) is 18.9. The molecule has 3 heterocycles. The lowest BCUT2D eigenvalue weighted by molar-refractivity contribution is 0.255. The number of hydrogen-bond acceptors (Lipinski definition) is 6. The third kappa shape index (κ3) is 7.00. The van der Waals surface area contributed by atoms with Gasteiger partial charge in [0.1, 0.15) is 0 Å². The first-order valence-electron chi connectivity index (χ1n) is 9.85. The van der Waals surface area contributed by atoms with Crippen molar-refractivity contribution >= 4 is 41.3 Å². The Bertz CT molecular complexity index is 699. The third-order valence-corrected chi connectivity index (χ3v) is 5.62. The van der Waals surface area contributed by atoms with Crippen molar-refractivity contribution in [2.45, 2.75) is 45.6 Å². The second kappa shape index (κ2) is 12.4. The Labute approximate surface area is 188 Å². The molecule has 0 saturated carbocycles. The van der Waals surface area contributed by atoms with Crippen LogP contribution < -0.4 is 10.6 Å². The van der Waals surface area contributed by atoms with Crippen molar-refractivity contribution in [2.75, 3.05) is 32.7 Å². The summed E-state index contributed by atoms with van der Waals surface area (Å²) in [6.07, 6.45) is 4.28. The van der Waals surface area contributed by atoms with E-state index in [1.165, 1.54) is 30.8 Å². The topological polar surface area (TPSA) is 78.6 Å². The summed E-state index contributed by atoms with van der Waals surface area (Å²) in [5.74, 6) is 2.26. The lowest BCUT2D eigenvalue weighted by Gasteiger charge is -2.25. The number of halogens is 1. The fourth-order valence-corrected chi connectivity index (χ4v) is 4.18. The van der Waals surface area contributed by atoms with Gasteiger partial charge in [-0.25, -0.2) is 0 Å². The van der Waals surface area contributed by atoms with Crippen molar-refractivity contribution in [1.82, 2.24) is 25.7 Å². The van der Waals surface area contributed by atoms with E-state index in [0.29, 0.717) is 17.8 Å². The van der Waals surface area contributed by atoms with E-state index >= 15 is 0 Å². The number of aryl methyl sites for hydroxylation is 2. The SMILES string of the molecule is CCNC(=NCC(c1cccs1)N1CCCC1)NCCCc1nc(C)no1.I. The van der Waals surface area contributed by atoms with Crippen LogP contribution in [0.1, 0.15) is 48.8 Å². The van der Waals surface area contributed by atoms with Crippen molar-refractivity contribution in [3.63, 3.8) is 0 Å². The fourth-order valence-electron chi connectivity index (χ4n) is 3.33. The van der Waals surface area contributed by atoms with Crippen molar-refractivity contribution in [3.05, 3.63) is 34.1 Å². The summed E-state index contributed by atoms with van der Waals surface area (Å²) in [7, 11) is 0. The molecule has 1 fully saturated rings. The Balaban J connectivity index is 0.00000280. The Morgan fingerprint density at radius 1 is 1.36 bits per heavy atom. The van der Waals surface area contributed by atoms with Crippen LogP contribution in [0.3, 0.4) is 0 Å². The zero-order valence-corrected chi connectivity index (χ0v) is 19.8. The first-order chi connectivity index (χ1) is 13.3. The van der Waals surface area contributed by atoms with E-state index in [0.717, 1.165) is 38.4 Å². The summed E-state index contributed by atoms with van der Waals surface area (Å²) in [4.78, 5) is 13.1. The van der Waals surface area contributed by atoms with Crippen molar-refractivity contribution in [1.29, 1.82) is 0 Å². The number of thiophene rings is 1. The van der Waals surface area contributed by atoms with E-state index < -0.39 is 0 Å². The Hall–Kier alpha value is -1.20. The van der Waals surface area contributed by atoms with Gasteiger partial charge in [-0.2, -0.15) is 4.98 Å². The summed E-state index contributed by atoms with van der Waals surface area (Å²) >= 11 is 1.83. The second-order valence-corrected chi connectivity index (χ2v) is 7.74. The molecule has 0 aromatic carbocycles. The predicted molar refractivity (Wildman–Crippen MR) is 125 cm³/mol. The number of guanidine groups is 1. The molecule has 28 heavy (non-hydrogen) atoms. The highest BCUT2D eigenvalue weighted by Crippen LogP contribution is 2.28. The summed E-state index contributed by atoms with van der Waals surface area (Å²) in [5, 5.41) is 12.8. The van der Waals surface area contributed by atoms with Gasteiger partial charge in [-0.3, -0.25) is 9.89 Å². The third-order valence-electron chi connectivity index (χ3n) is 4.65. The van der Waals surface area contributed by atoms with Crippen LogP contribution in [0, 0.1) is 6.92 Å². The van der Waals surface area contributed by atoms with E-state index in [1.54, 1.807) is 0 Å². The van der Waals surface area contributed by atoms with Gasteiger partial charge in [0.2, 0.25) is 5.89 Å². The lowest BCUT2D eigenvalue weighted by Crippen LogP contribution is -2.39. The lowest BCUT2D eigenvalue weighted by atomic mass is 10.2. The fraction of sp³-hybridized carbons (Fsp3) is 0.632. The number of aliphatic imine (C=N–C) groups is 1. The molecule has 2 N–H and O–H groups in total. The molecule has 1 aliphatic rings. The van der Waals surface area contributed by atoms with Gasteiger partial charge >= 0.3 is 0 Å². The molecule has 9 heteroatoms. The monoisotopic (exact) mass is 518 g/mol. The van der Waals surface area contributed by atoms with E-state index in [-0.39, 0.29) is 24.0 Å². The van der Waals surface area contributed by atoms with Crippen LogP contribution in [-0.4, -0.2) is 53.7 Å². The normalized spacial score (nSPS) is 16.0. The molecule has 2 aromatic heterocycles. The quantitative estimate of drug-likeness (QED) is 0.230. The van der Waals surface area contributed by atoms with E-state index in [1.807, 2.05) is 18.3 Å². The van der Waals surface area contributed by atoms with E-state index in [4.69, 9.17) is 9.52 Å². The van der Waals surface area contributed by atoms with Crippen LogP contribution in [-0.2, 0) is 6.42 Å². The molecule has 3 rings (SSSR count). The van der Waals surface area contributed by atoms with Crippen LogP contribution in [0.25, 0.3) is 0 Å². The number of rotatable bonds is 9. The summed E-state index contributed by atoms with van der Waals surface area (Å²) in [6.45, 7) is 8.72. The molecule has 1 aliphatic heterocycles. The van der Waals surface area contributed by atoms with Gasteiger partial charge in [0, 0.05) is 24.4 Å². The van der Waals surface area contributed by atoms with Crippen LogP contribution in [0.4, 0.5) is 0 Å². The van der Waals surface area contributed by atoms with Crippen LogP contribution in [0.2, 0.25) is 0 Å². The molecular weight excluding hydrogens is 487 g/mol. The molecule has 0 spiro atoms. The van der Waals surface area contributed by atoms with Gasteiger partial charge in [-0.1, -0.05) is 11.2 Å². The molecule has 1 saturated heterocycles. The number of likely N-dealkylation sites (tertiary alicyclic amines) is 1. The highest BCUT2D eigenvalue weighted by atomic mass is 127. The molecule has 1 unspecified atom stereocenters. The maximum Gasteiger partial charge on any atom is 0.226 e. The summed E-state index contributed by atoms with van der Waals surface area (Å²) < 4.78 is 5.16.